The molecule has 208 valence electrons. The molecule has 13 heteroatoms. The molecule has 2 amide bonds. The van der Waals surface area contributed by atoms with Gasteiger partial charge in [-0.2, -0.15) is 0 Å². The summed E-state index contributed by atoms with van der Waals surface area (Å²) in [5.41, 5.74) is -0.786. The molecule has 1 aliphatic heterocycles. The van der Waals surface area contributed by atoms with Crippen LogP contribution in [-0.2, 0) is 19.6 Å². The maximum atomic E-state index is 13.3. The fourth-order valence-corrected chi connectivity index (χ4v) is 5.40. The second-order valence-electron chi connectivity index (χ2n) is 9.69. The lowest BCUT2D eigenvalue weighted by atomic mass is 9.92. The number of benzene rings is 1. The molecule has 0 radical (unpaired) electrons. The molecule has 1 aromatic carbocycles. The summed E-state index contributed by atoms with van der Waals surface area (Å²) in [6.07, 6.45) is 2.97. The molecule has 1 saturated heterocycles. The van der Waals surface area contributed by atoms with E-state index < -0.39 is 50.9 Å². The van der Waals surface area contributed by atoms with Crippen LogP contribution in [0, 0.1) is 11.7 Å². The number of hydrogen-bond acceptors (Lipinski definition) is 8. The summed E-state index contributed by atoms with van der Waals surface area (Å²) in [5.74, 6) is -1.55. The van der Waals surface area contributed by atoms with Crippen LogP contribution in [0.3, 0.4) is 0 Å². The van der Waals surface area contributed by atoms with Gasteiger partial charge in [-0.15, -0.1) is 0 Å². The monoisotopic (exact) mass is 552 g/mol. The number of aromatic nitrogens is 1. The van der Waals surface area contributed by atoms with Crippen LogP contribution >= 0.6 is 0 Å². The molecule has 2 heterocycles. The highest BCUT2D eigenvalue weighted by molar-refractivity contribution is 7.89. The third-order valence-electron chi connectivity index (χ3n) is 6.00. The van der Waals surface area contributed by atoms with E-state index in [0.29, 0.717) is 19.6 Å². The molecule has 1 aromatic heterocycles. The lowest BCUT2D eigenvalue weighted by Gasteiger charge is -2.27. The molecule has 1 aliphatic rings. The largest absolute Gasteiger partial charge is 0.494 e. The number of hydrogen-bond donors (Lipinski definition) is 4. The molecule has 1 fully saturated rings. The van der Waals surface area contributed by atoms with Gasteiger partial charge in [0.25, 0.3) is 15.9 Å². The van der Waals surface area contributed by atoms with Crippen molar-refractivity contribution in [2.45, 2.75) is 49.7 Å². The molecule has 0 spiro atoms. The van der Waals surface area contributed by atoms with Crippen LogP contribution in [0.2, 0.25) is 0 Å². The van der Waals surface area contributed by atoms with Crippen molar-refractivity contribution in [2.24, 2.45) is 5.92 Å². The van der Waals surface area contributed by atoms with Crippen LogP contribution in [0.4, 0.5) is 10.1 Å². The number of methoxy groups -OCH3 is 1. The number of nitrogens with one attached hydrogen (secondary N) is 3. The van der Waals surface area contributed by atoms with Crippen molar-refractivity contribution in [1.82, 2.24) is 15.0 Å². The summed E-state index contributed by atoms with van der Waals surface area (Å²) < 4.78 is 51.8. The van der Waals surface area contributed by atoms with Gasteiger partial charge >= 0.3 is 0 Å². The van der Waals surface area contributed by atoms with Gasteiger partial charge in [0.15, 0.2) is 5.75 Å². The first-order valence-corrected chi connectivity index (χ1v) is 13.6. The summed E-state index contributed by atoms with van der Waals surface area (Å²) >= 11 is 0. The third kappa shape index (κ3) is 7.93. The molecule has 38 heavy (non-hydrogen) atoms. The van der Waals surface area contributed by atoms with Crippen molar-refractivity contribution in [1.29, 1.82) is 0 Å². The van der Waals surface area contributed by atoms with Crippen molar-refractivity contribution >= 4 is 27.5 Å². The highest BCUT2D eigenvalue weighted by atomic mass is 32.2. The van der Waals surface area contributed by atoms with Gasteiger partial charge in [-0.25, -0.2) is 22.5 Å². The Hall–Kier alpha value is -3.13. The Morgan fingerprint density at radius 2 is 1.89 bits per heavy atom. The van der Waals surface area contributed by atoms with E-state index in [1.807, 2.05) is 0 Å². The first-order chi connectivity index (χ1) is 17.9. The molecule has 0 bridgehead atoms. The van der Waals surface area contributed by atoms with Gasteiger partial charge in [-0.3, -0.25) is 9.59 Å². The number of aliphatic hydroxyl groups excluding tert-OH is 1. The normalized spacial score (nSPS) is 15.5. The van der Waals surface area contributed by atoms with Crippen LogP contribution < -0.4 is 20.1 Å². The van der Waals surface area contributed by atoms with Gasteiger partial charge in [0.05, 0.1) is 31.1 Å². The van der Waals surface area contributed by atoms with Crippen LogP contribution in [0.1, 0.15) is 43.5 Å². The van der Waals surface area contributed by atoms with E-state index in [2.05, 4.69) is 20.3 Å². The number of carbonyl (C=O) groups excluding carboxylic acids is 2. The van der Waals surface area contributed by atoms with E-state index in [1.54, 1.807) is 0 Å². The van der Waals surface area contributed by atoms with Crippen LogP contribution in [0.25, 0.3) is 0 Å². The van der Waals surface area contributed by atoms with E-state index in [-0.39, 0.29) is 22.9 Å². The van der Waals surface area contributed by atoms with Gasteiger partial charge in [-0.1, -0.05) is 0 Å². The number of anilines is 1. The highest BCUT2D eigenvalue weighted by Crippen LogP contribution is 2.27. The highest BCUT2D eigenvalue weighted by Gasteiger charge is 2.30. The number of aliphatic hydroxyl groups is 1. The number of carbonyl (C=O) groups is 2. The van der Waals surface area contributed by atoms with Crippen molar-refractivity contribution < 1.29 is 37.0 Å². The summed E-state index contributed by atoms with van der Waals surface area (Å²) in [7, 11) is -2.90. The fourth-order valence-electron chi connectivity index (χ4n) is 3.91. The van der Waals surface area contributed by atoms with Gasteiger partial charge in [0, 0.05) is 24.8 Å². The minimum absolute atomic E-state index is 0.125. The van der Waals surface area contributed by atoms with E-state index in [9.17, 15) is 27.5 Å². The Kier molecular flexibility index (Phi) is 9.77. The second-order valence-corrected chi connectivity index (χ2v) is 11.3. The number of rotatable bonds is 11. The van der Waals surface area contributed by atoms with Gasteiger partial charge < -0.3 is 25.2 Å². The Morgan fingerprint density at radius 3 is 2.50 bits per heavy atom. The molecular formula is C25H33FN4O7S. The first kappa shape index (κ1) is 29.4. The zero-order valence-corrected chi connectivity index (χ0v) is 22.3. The van der Waals surface area contributed by atoms with Crippen molar-refractivity contribution in [2.75, 3.05) is 32.2 Å². The average molecular weight is 553 g/mol. The zero-order chi connectivity index (χ0) is 27.9. The van der Waals surface area contributed by atoms with Gasteiger partial charge in [0.2, 0.25) is 10.9 Å². The number of nitrogens with zero attached hydrogens (tertiary/aromatic N) is 1. The smallest absolute Gasteiger partial charge is 0.262 e. The average Bonchev–Trinajstić information content (AvgIpc) is 2.88. The Labute approximate surface area is 221 Å². The number of halogens is 1. The Bertz CT molecular complexity index is 1230. The van der Waals surface area contributed by atoms with Crippen molar-refractivity contribution in [3.8, 4) is 5.75 Å². The molecule has 0 unspecified atom stereocenters. The predicted molar refractivity (Wildman–Crippen MR) is 137 cm³/mol. The zero-order valence-electron chi connectivity index (χ0n) is 21.5. The van der Waals surface area contributed by atoms with E-state index >= 15 is 0 Å². The summed E-state index contributed by atoms with van der Waals surface area (Å²) in [4.78, 5) is 30.0. The molecule has 0 aliphatic carbocycles. The standard InChI is InChI=1S/C25H33FN4O7S/c1-25(2,15-31)30-38(34,35)24-21(36-3)13-19(14-27-24)28-23(33)20(12-16-8-10-37-11-9-16)29-22(32)17-4-6-18(26)7-5-17/h4-7,13-14,16,20,30-31H,8-12,15H2,1-3H3,(H,28,33)(H,29,32)/t20-/m0/s1. The van der Waals surface area contributed by atoms with E-state index in [1.165, 1.54) is 39.2 Å². The minimum atomic E-state index is -4.16. The lowest BCUT2D eigenvalue weighted by molar-refractivity contribution is -0.118. The maximum Gasteiger partial charge on any atom is 0.262 e. The Balaban J connectivity index is 1.80. The van der Waals surface area contributed by atoms with E-state index in [4.69, 9.17) is 9.47 Å². The van der Waals surface area contributed by atoms with E-state index in [0.717, 1.165) is 31.2 Å². The Morgan fingerprint density at radius 1 is 1.24 bits per heavy atom. The summed E-state index contributed by atoms with van der Waals surface area (Å²) in [5, 5.41) is 14.4. The van der Waals surface area contributed by atoms with Crippen LogP contribution in [-0.4, -0.2) is 68.8 Å². The summed E-state index contributed by atoms with van der Waals surface area (Å²) in [6, 6.07) is 5.34. The fraction of sp³-hybridized carbons (Fsp3) is 0.480. The minimum Gasteiger partial charge on any atom is -0.494 e. The predicted octanol–water partition coefficient (Wildman–Crippen LogP) is 1.83. The first-order valence-electron chi connectivity index (χ1n) is 12.1. The molecule has 11 nitrogen and oxygen atoms in total. The van der Waals surface area contributed by atoms with Crippen LogP contribution in [0.5, 0.6) is 5.75 Å². The molecule has 2 aromatic rings. The number of amides is 2. The molecule has 0 saturated carbocycles. The molecule has 1 atom stereocenters. The maximum absolute atomic E-state index is 13.3. The van der Waals surface area contributed by atoms with Crippen molar-refractivity contribution in [3.63, 3.8) is 0 Å². The number of sulfonamides is 1. The van der Waals surface area contributed by atoms with Crippen LogP contribution in [0.15, 0.2) is 41.6 Å². The number of pyridine rings is 1. The topological polar surface area (TPSA) is 156 Å². The molecule has 4 N–H and O–H groups in total. The molecular weight excluding hydrogens is 519 g/mol. The van der Waals surface area contributed by atoms with Gasteiger partial charge in [-0.05, 0) is 63.3 Å². The SMILES string of the molecule is COc1cc(NC(=O)[C@H](CC2CCOCC2)NC(=O)c2ccc(F)cc2)cnc1S(=O)(=O)NC(C)(C)CO. The lowest BCUT2D eigenvalue weighted by Crippen LogP contribution is -2.46. The molecule has 3 rings (SSSR count). The third-order valence-corrected chi connectivity index (χ3v) is 7.64. The number of ether oxygens (including phenoxy) is 2. The van der Waals surface area contributed by atoms with Gasteiger partial charge in [0.1, 0.15) is 11.9 Å². The van der Waals surface area contributed by atoms with Crippen molar-refractivity contribution in [3.05, 3.63) is 47.9 Å². The quantitative estimate of drug-likeness (QED) is 0.329. The second kappa shape index (κ2) is 12.6. The summed E-state index contributed by atoms with van der Waals surface area (Å²) in [6.45, 7) is 3.68.